The second kappa shape index (κ2) is 14.2. The zero-order valence-corrected chi connectivity index (χ0v) is 28.7. The maximum atomic E-state index is 14.9. The van der Waals surface area contributed by atoms with Crippen molar-refractivity contribution in [2.45, 2.75) is 65.1 Å². The standard InChI is InChI=1S/C35H38Cl2FN9/c1-7-13-40-22(3)21(2)32(30-20-47(45-44-30)25-11-14-46(15-12-25)35(4,5)6)42-24-16-26-33(43-29-10-8-9-27(36)31(29)38)23(18-39)19-41-34(26)28(37)17-24/h7-10,13,16-17,19-20,25,32,42H,2,11-12,14-15H2,1,3-6H3,(H,41,43)/b13-7-,40-22-/t32-/m0/s1. The molecule has 2 N–H and O–H groups in total. The molecule has 244 valence electrons. The van der Waals surface area contributed by atoms with Crippen LogP contribution in [0.4, 0.5) is 21.5 Å². The van der Waals surface area contributed by atoms with Crippen molar-refractivity contribution in [3.8, 4) is 6.07 Å². The molecular formula is C35H38Cl2FN9. The molecule has 4 aromatic rings. The number of nitrogens with zero attached hydrogens (tertiary/aromatic N) is 7. The summed E-state index contributed by atoms with van der Waals surface area (Å²) in [6.07, 6.45) is 8.88. The fourth-order valence-corrected chi connectivity index (χ4v) is 6.13. The molecule has 1 aliphatic heterocycles. The number of pyridine rings is 1. The first-order chi connectivity index (χ1) is 22.4. The Bertz CT molecular complexity index is 1890. The van der Waals surface area contributed by atoms with Gasteiger partial charge in [-0.1, -0.05) is 47.1 Å². The molecule has 0 amide bonds. The van der Waals surface area contributed by atoms with Crippen LogP contribution in [0.2, 0.25) is 10.0 Å². The summed E-state index contributed by atoms with van der Waals surface area (Å²) in [4.78, 5) is 11.5. The van der Waals surface area contributed by atoms with E-state index in [4.69, 9.17) is 23.2 Å². The maximum absolute atomic E-state index is 14.9. The minimum atomic E-state index is -0.636. The molecule has 0 aliphatic carbocycles. The maximum Gasteiger partial charge on any atom is 0.165 e. The van der Waals surface area contributed by atoms with Crippen LogP contribution in [0.1, 0.15) is 70.8 Å². The Morgan fingerprint density at radius 3 is 2.64 bits per heavy atom. The Morgan fingerprint density at radius 2 is 1.96 bits per heavy atom. The average molecular weight is 675 g/mol. The molecular weight excluding hydrogens is 636 g/mol. The van der Waals surface area contributed by atoms with E-state index >= 15 is 0 Å². The summed E-state index contributed by atoms with van der Waals surface area (Å²) in [6, 6.07) is 10.0. The normalized spacial score (nSPS) is 15.6. The highest BCUT2D eigenvalue weighted by Gasteiger charge is 2.29. The van der Waals surface area contributed by atoms with Crippen LogP contribution in [0.25, 0.3) is 10.9 Å². The van der Waals surface area contributed by atoms with E-state index in [2.05, 4.69) is 69.2 Å². The molecule has 2 aromatic heterocycles. The van der Waals surface area contributed by atoms with Crippen molar-refractivity contribution < 1.29 is 4.39 Å². The number of likely N-dealkylation sites (tertiary alicyclic amines) is 1. The van der Waals surface area contributed by atoms with Crippen molar-refractivity contribution in [1.29, 1.82) is 5.26 Å². The van der Waals surface area contributed by atoms with Gasteiger partial charge in [0.2, 0.25) is 0 Å². The fourth-order valence-electron chi connectivity index (χ4n) is 5.68. The quantitative estimate of drug-likeness (QED) is 0.171. The Kier molecular flexibility index (Phi) is 10.3. The smallest absolute Gasteiger partial charge is 0.165 e. The van der Waals surface area contributed by atoms with Crippen LogP contribution in [0, 0.1) is 17.1 Å². The van der Waals surface area contributed by atoms with Crippen LogP contribution < -0.4 is 10.6 Å². The van der Waals surface area contributed by atoms with E-state index in [9.17, 15) is 9.65 Å². The summed E-state index contributed by atoms with van der Waals surface area (Å²) in [7, 11) is 0. The van der Waals surface area contributed by atoms with Crippen LogP contribution in [0.5, 0.6) is 0 Å². The second-order valence-electron chi connectivity index (χ2n) is 12.6. The Balaban J connectivity index is 1.53. The lowest BCUT2D eigenvalue weighted by atomic mass is 9.98. The van der Waals surface area contributed by atoms with Crippen molar-refractivity contribution in [3.05, 3.63) is 94.3 Å². The van der Waals surface area contributed by atoms with Crippen LogP contribution in [0.3, 0.4) is 0 Å². The lowest BCUT2D eigenvalue weighted by Gasteiger charge is -2.40. The molecule has 0 unspecified atom stereocenters. The van der Waals surface area contributed by atoms with Gasteiger partial charge in [0.25, 0.3) is 0 Å². The van der Waals surface area contributed by atoms with E-state index < -0.39 is 11.9 Å². The third-order valence-electron chi connectivity index (χ3n) is 8.41. The number of nitriles is 1. The molecule has 0 radical (unpaired) electrons. The van der Waals surface area contributed by atoms with Gasteiger partial charge in [-0.3, -0.25) is 14.9 Å². The molecule has 3 heterocycles. The highest BCUT2D eigenvalue weighted by atomic mass is 35.5. The van der Waals surface area contributed by atoms with E-state index in [1.807, 2.05) is 36.9 Å². The molecule has 12 heteroatoms. The van der Waals surface area contributed by atoms with Gasteiger partial charge in [0, 0.05) is 47.8 Å². The second-order valence-corrected chi connectivity index (χ2v) is 13.4. The number of rotatable bonds is 9. The van der Waals surface area contributed by atoms with Crippen molar-refractivity contribution in [3.63, 3.8) is 0 Å². The summed E-state index contributed by atoms with van der Waals surface area (Å²) in [5.74, 6) is -0.636. The van der Waals surface area contributed by atoms with E-state index in [0.29, 0.717) is 44.3 Å². The summed E-state index contributed by atoms with van der Waals surface area (Å²) in [6.45, 7) is 16.9. The molecule has 0 saturated carbocycles. The van der Waals surface area contributed by atoms with Gasteiger partial charge in [0.1, 0.15) is 11.8 Å². The number of piperidine rings is 1. The van der Waals surface area contributed by atoms with Gasteiger partial charge in [-0.05, 0) is 77.3 Å². The number of hydrogen-bond donors (Lipinski definition) is 2. The van der Waals surface area contributed by atoms with Gasteiger partial charge in [-0.2, -0.15) is 5.26 Å². The zero-order chi connectivity index (χ0) is 33.9. The molecule has 47 heavy (non-hydrogen) atoms. The van der Waals surface area contributed by atoms with Gasteiger partial charge < -0.3 is 10.6 Å². The molecule has 9 nitrogen and oxygen atoms in total. The summed E-state index contributed by atoms with van der Waals surface area (Å²) < 4.78 is 16.9. The predicted molar refractivity (Wildman–Crippen MR) is 189 cm³/mol. The number of hydrogen-bond acceptors (Lipinski definition) is 8. The molecule has 5 rings (SSSR count). The number of nitrogens with one attached hydrogen (secondary N) is 2. The van der Waals surface area contributed by atoms with Crippen LogP contribution in [-0.2, 0) is 0 Å². The molecule has 2 aromatic carbocycles. The SMILES string of the molecule is C=C(/C(C)=N\C=C/C)[C@H](Nc1cc(Cl)c2ncc(C#N)c(Nc3cccc(Cl)c3F)c2c1)c1cn(C2CCN(C(C)(C)C)CC2)nn1. The van der Waals surface area contributed by atoms with Gasteiger partial charge in [-0.25, -0.2) is 9.07 Å². The minimum absolute atomic E-state index is 0.0450. The van der Waals surface area contributed by atoms with Crippen molar-refractivity contribution in [2.24, 2.45) is 4.99 Å². The first kappa shape index (κ1) is 34.0. The fraction of sp³-hybridized carbons (Fsp3) is 0.343. The Hall–Kier alpha value is -4.30. The Labute approximate surface area is 284 Å². The highest BCUT2D eigenvalue weighted by Crippen LogP contribution is 2.38. The molecule has 1 aliphatic rings. The number of anilines is 3. The molecule has 1 saturated heterocycles. The summed E-state index contributed by atoms with van der Waals surface area (Å²) in [5.41, 5.74) is 3.91. The van der Waals surface area contributed by atoms with Crippen LogP contribution in [-0.4, -0.2) is 49.2 Å². The summed E-state index contributed by atoms with van der Waals surface area (Å²) in [5, 5.41) is 26.4. The number of aromatic nitrogens is 4. The van der Waals surface area contributed by atoms with Gasteiger partial charge >= 0.3 is 0 Å². The van der Waals surface area contributed by atoms with Crippen LogP contribution in [0.15, 0.2) is 72.1 Å². The number of benzene rings is 2. The topological polar surface area (TPSA) is 107 Å². The number of allylic oxidation sites excluding steroid dienone is 1. The monoisotopic (exact) mass is 673 g/mol. The predicted octanol–water partition coefficient (Wildman–Crippen LogP) is 9.03. The zero-order valence-electron chi connectivity index (χ0n) is 27.2. The number of aliphatic imine (C=N–C) groups is 1. The van der Waals surface area contributed by atoms with Gasteiger partial charge in [0.15, 0.2) is 5.82 Å². The van der Waals surface area contributed by atoms with Gasteiger partial charge in [0.05, 0.1) is 50.8 Å². The molecule has 0 spiro atoms. The highest BCUT2D eigenvalue weighted by molar-refractivity contribution is 6.36. The largest absolute Gasteiger partial charge is 0.373 e. The van der Waals surface area contributed by atoms with Gasteiger partial charge in [-0.15, -0.1) is 5.10 Å². The van der Waals surface area contributed by atoms with Crippen LogP contribution >= 0.6 is 23.2 Å². The molecule has 1 atom stereocenters. The van der Waals surface area contributed by atoms with E-state index in [0.717, 1.165) is 25.9 Å². The first-order valence-corrected chi connectivity index (χ1v) is 16.2. The lowest BCUT2D eigenvalue weighted by Crippen LogP contribution is -2.46. The van der Waals surface area contributed by atoms with E-state index in [1.54, 1.807) is 24.4 Å². The molecule has 0 bridgehead atoms. The number of halogens is 3. The van der Waals surface area contributed by atoms with E-state index in [-0.39, 0.29) is 27.9 Å². The van der Waals surface area contributed by atoms with Crippen molar-refractivity contribution >= 4 is 56.9 Å². The third-order valence-corrected chi connectivity index (χ3v) is 8.99. The van der Waals surface area contributed by atoms with Crippen molar-refractivity contribution in [1.82, 2.24) is 24.9 Å². The minimum Gasteiger partial charge on any atom is -0.373 e. The average Bonchev–Trinajstić information content (AvgIpc) is 3.54. The first-order valence-electron chi connectivity index (χ1n) is 15.4. The van der Waals surface area contributed by atoms with Crippen molar-refractivity contribution in [2.75, 3.05) is 23.7 Å². The molecule has 1 fully saturated rings. The number of fused-ring (bicyclic) bond motifs is 1. The lowest BCUT2D eigenvalue weighted by molar-refractivity contribution is 0.0866. The Morgan fingerprint density at radius 1 is 1.21 bits per heavy atom. The summed E-state index contributed by atoms with van der Waals surface area (Å²) >= 11 is 12.8. The van der Waals surface area contributed by atoms with E-state index in [1.165, 1.54) is 12.3 Å². The third kappa shape index (κ3) is 7.49.